The van der Waals surface area contributed by atoms with Crippen LogP contribution in [0.25, 0.3) is 0 Å². The van der Waals surface area contributed by atoms with Crippen molar-refractivity contribution in [3.8, 4) is 0 Å². The van der Waals surface area contributed by atoms with Crippen molar-refractivity contribution in [2.75, 3.05) is 4.43 Å². The predicted molar refractivity (Wildman–Crippen MR) is 68.4 cm³/mol. The molecule has 1 rings (SSSR count). The molecule has 0 amide bonds. The zero-order valence-corrected chi connectivity index (χ0v) is 10.8. The highest BCUT2D eigenvalue weighted by Gasteiger charge is 2.19. The molecule has 76 valence electrons. The van der Waals surface area contributed by atoms with Crippen LogP contribution in [0.5, 0.6) is 0 Å². The smallest absolute Gasteiger partial charge is 0.00237 e. The Labute approximate surface area is 96.3 Å². The van der Waals surface area contributed by atoms with Gasteiger partial charge in [0.15, 0.2) is 0 Å². The lowest BCUT2D eigenvalue weighted by Gasteiger charge is -2.26. The van der Waals surface area contributed by atoms with Crippen LogP contribution in [0.4, 0.5) is 0 Å². The first-order valence-electron chi connectivity index (χ1n) is 5.54. The molecule has 1 aliphatic rings. The van der Waals surface area contributed by atoms with E-state index in [2.05, 4.69) is 41.7 Å². The van der Waals surface area contributed by atoms with E-state index in [1.54, 1.807) is 0 Å². The maximum Gasteiger partial charge on any atom is 0.00237 e. The van der Waals surface area contributed by atoms with Gasteiger partial charge in [0.1, 0.15) is 0 Å². The molecule has 1 saturated carbocycles. The maximum atomic E-state index is 2.54. The predicted octanol–water partition coefficient (Wildman–Crippen LogP) is 4.58. The molecular weight excluding hydrogens is 271 g/mol. The molecule has 13 heavy (non-hydrogen) atoms. The second-order valence-corrected chi connectivity index (χ2v) is 5.07. The number of alkyl halides is 1. The topological polar surface area (TPSA) is 0 Å². The first kappa shape index (κ1) is 11.5. The normalized spacial score (nSPS) is 29.7. The van der Waals surface area contributed by atoms with Gasteiger partial charge < -0.3 is 0 Å². The van der Waals surface area contributed by atoms with Crippen molar-refractivity contribution in [3.05, 3.63) is 12.2 Å². The van der Waals surface area contributed by atoms with Gasteiger partial charge in [0.25, 0.3) is 0 Å². The summed E-state index contributed by atoms with van der Waals surface area (Å²) in [6.07, 6.45) is 13.2. The molecule has 0 radical (unpaired) electrons. The van der Waals surface area contributed by atoms with Gasteiger partial charge in [0.2, 0.25) is 0 Å². The molecule has 0 aliphatic heterocycles. The summed E-state index contributed by atoms with van der Waals surface area (Å²) in [5, 5.41) is 0. The van der Waals surface area contributed by atoms with Crippen molar-refractivity contribution in [2.45, 2.75) is 45.4 Å². The molecule has 0 unspecified atom stereocenters. The Balaban J connectivity index is 2.10. The number of allylic oxidation sites excluding steroid dienone is 2. The molecule has 0 aromatic rings. The highest BCUT2D eigenvalue weighted by atomic mass is 127. The van der Waals surface area contributed by atoms with Gasteiger partial charge in [0, 0.05) is 4.43 Å². The third kappa shape index (κ3) is 4.48. The van der Waals surface area contributed by atoms with E-state index >= 15 is 0 Å². The van der Waals surface area contributed by atoms with Crippen LogP contribution in [0.1, 0.15) is 45.4 Å². The highest BCUT2D eigenvalue weighted by Crippen LogP contribution is 2.32. The van der Waals surface area contributed by atoms with E-state index in [-0.39, 0.29) is 0 Å². The van der Waals surface area contributed by atoms with Crippen LogP contribution in [0.15, 0.2) is 12.2 Å². The van der Waals surface area contributed by atoms with Crippen LogP contribution < -0.4 is 0 Å². The Hall–Kier alpha value is 0.470. The van der Waals surface area contributed by atoms with Crippen molar-refractivity contribution in [1.82, 2.24) is 0 Å². The fourth-order valence-corrected chi connectivity index (χ4v) is 3.05. The molecule has 1 fully saturated rings. The Morgan fingerprint density at radius 3 is 2.31 bits per heavy atom. The average molecular weight is 292 g/mol. The standard InChI is InChI=1S/C12H21I/c1-2-3-4-5-11-6-8-12(10-13)9-7-11/h2-3,11-12H,4-10H2,1H3. The van der Waals surface area contributed by atoms with Gasteiger partial charge in [-0.1, -0.05) is 47.6 Å². The van der Waals surface area contributed by atoms with Gasteiger partial charge in [-0.2, -0.15) is 0 Å². The fraction of sp³-hybridized carbons (Fsp3) is 0.833. The van der Waals surface area contributed by atoms with E-state index in [0.29, 0.717) is 0 Å². The molecule has 0 N–H and O–H groups in total. The van der Waals surface area contributed by atoms with Crippen molar-refractivity contribution < 1.29 is 0 Å². The van der Waals surface area contributed by atoms with Gasteiger partial charge in [-0.3, -0.25) is 0 Å². The summed E-state index contributed by atoms with van der Waals surface area (Å²) in [5.41, 5.74) is 0. The van der Waals surface area contributed by atoms with Crippen LogP contribution in [-0.2, 0) is 0 Å². The Morgan fingerprint density at radius 2 is 1.77 bits per heavy atom. The summed E-state index contributed by atoms with van der Waals surface area (Å²) in [4.78, 5) is 0. The largest absolute Gasteiger partial charge is 0.0917 e. The fourth-order valence-electron chi connectivity index (χ4n) is 2.17. The molecule has 1 aliphatic carbocycles. The Morgan fingerprint density at radius 1 is 1.15 bits per heavy atom. The summed E-state index contributed by atoms with van der Waals surface area (Å²) in [7, 11) is 0. The summed E-state index contributed by atoms with van der Waals surface area (Å²) < 4.78 is 1.37. The second kappa shape index (κ2) is 6.86. The zero-order valence-electron chi connectivity index (χ0n) is 8.64. The van der Waals surface area contributed by atoms with E-state index in [1.807, 2.05) is 0 Å². The number of rotatable bonds is 4. The monoisotopic (exact) mass is 292 g/mol. The Bertz CT molecular complexity index is 143. The summed E-state index contributed by atoms with van der Waals surface area (Å²) in [6.45, 7) is 2.12. The molecule has 0 aromatic carbocycles. The molecule has 0 saturated heterocycles. The van der Waals surface area contributed by atoms with Gasteiger partial charge >= 0.3 is 0 Å². The van der Waals surface area contributed by atoms with Gasteiger partial charge in [-0.05, 0) is 44.4 Å². The first-order chi connectivity index (χ1) is 6.36. The van der Waals surface area contributed by atoms with E-state index < -0.39 is 0 Å². The lowest BCUT2D eigenvalue weighted by molar-refractivity contribution is 0.284. The minimum Gasteiger partial charge on any atom is -0.0917 e. The summed E-state index contributed by atoms with van der Waals surface area (Å²) in [5.74, 6) is 2.08. The number of hydrogen-bond acceptors (Lipinski definition) is 0. The zero-order chi connectivity index (χ0) is 9.52. The Kier molecular flexibility index (Phi) is 6.09. The molecule has 0 aromatic heterocycles. The minimum atomic E-state index is 1.04. The van der Waals surface area contributed by atoms with E-state index in [0.717, 1.165) is 11.8 Å². The summed E-state index contributed by atoms with van der Waals surface area (Å²) in [6, 6.07) is 0. The van der Waals surface area contributed by atoms with E-state index in [9.17, 15) is 0 Å². The van der Waals surface area contributed by atoms with Crippen molar-refractivity contribution in [3.63, 3.8) is 0 Å². The van der Waals surface area contributed by atoms with Crippen LogP contribution in [0.2, 0.25) is 0 Å². The third-order valence-electron chi connectivity index (χ3n) is 3.16. The van der Waals surface area contributed by atoms with Crippen LogP contribution in [0.3, 0.4) is 0 Å². The van der Waals surface area contributed by atoms with Crippen molar-refractivity contribution >= 4 is 22.6 Å². The van der Waals surface area contributed by atoms with Gasteiger partial charge in [-0.25, -0.2) is 0 Å². The van der Waals surface area contributed by atoms with E-state index in [4.69, 9.17) is 0 Å². The lowest BCUT2D eigenvalue weighted by Crippen LogP contribution is -2.15. The molecule has 0 bridgehead atoms. The van der Waals surface area contributed by atoms with Crippen molar-refractivity contribution in [2.24, 2.45) is 11.8 Å². The maximum absolute atomic E-state index is 2.54. The number of hydrogen-bond donors (Lipinski definition) is 0. The molecular formula is C12H21I. The van der Waals surface area contributed by atoms with Crippen LogP contribution >= 0.6 is 22.6 Å². The highest BCUT2D eigenvalue weighted by molar-refractivity contribution is 14.1. The second-order valence-electron chi connectivity index (χ2n) is 4.19. The molecule has 0 heterocycles. The molecule has 0 atom stereocenters. The lowest BCUT2D eigenvalue weighted by atomic mass is 9.81. The SMILES string of the molecule is CC=CCCC1CCC(CI)CC1. The van der Waals surface area contributed by atoms with Crippen molar-refractivity contribution in [1.29, 1.82) is 0 Å². The molecule has 0 spiro atoms. The first-order valence-corrected chi connectivity index (χ1v) is 7.06. The third-order valence-corrected chi connectivity index (χ3v) is 4.41. The van der Waals surface area contributed by atoms with Gasteiger partial charge in [-0.15, -0.1) is 0 Å². The summed E-state index contributed by atoms with van der Waals surface area (Å²) >= 11 is 2.54. The minimum absolute atomic E-state index is 1.04. The molecule has 0 nitrogen and oxygen atoms in total. The van der Waals surface area contributed by atoms with E-state index in [1.165, 1.54) is 43.0 Å². The number of halogens is 1. The molecule has 1 heteroatoms. The van der Waals surface area contributed by atoms with Crippen LogP contribution in [-0.4, -0.2) is 4.43 Å². The van der Waals surface area contributed by atoms with Crippen LogP contribution in [0, 0.1) is 11.8 Å². The average Bonchev–Trinajstić information content (AvgIpc) is 2.19. The quantitative estimate of drug-likeness (QED) is 0.404. The van der Waals surface area contributed by atoms with Gasteiger partial charge in [0.05, 0.1) is 0 Å².